The predicted octanol–water partition coefficient (Wildman–Crippen LogP) is 3.43. The first-order valence-corrected chi connectivity index (χ1v) is 6.72. The van der Waals surface area contributed by atoms with E-state index in [2.05, 4.69) is 26.3 Å². The second-order valence-corrected chi connectivity index (χ2v) is 5.25. The number of hydrogen-bond donors (Lipinski definition) is 1. The zero-order valence-electron chi connectivity index (χ0n) is 10.7. The van der Waals surface area contributed by atoms with Gasteiger partial charge >= 0.3 is 6.18 Å². The molecule has 0 atom stereocenters. The lowest BCUT2D eigenvalue weighted by Crippen LogP contribution is -2.19. The van der Waals surface area contributed by atoms with Crippen molar-refractivity contribution in [3.05, 3.63) is 51.8 Å². The number of rotatable bonds is 4. The largest absolute Gasteiger partial charge is 0.433 e. The van der Waals surface area contributed by atoms with Gasteiger partial charge in [0.1, 0.15) is 5.69 Å². The van der Waals surface area contributed by atoms with Gasteiger partial charge in [0, 0.05) is 16.6 Å². The fraction of sp³-hybridized carbons (Fsp3) is 0.308. The van der Waals surface area contributed by atoms with Crippen LogP contribution < -0.4 is 5.32 Å². The van der Waals surface area contributed by atoms with Gasteiger partial charge in [-0.05, 0) is 24.7 Å². The molecule has 0 fully saturated rings. The monoisotopic (exact) mass is 347 g/mol. The van der Waals surface area contributed by atoms with E-state index in [1.807, 2.05) is 0 Å². The fourth-order valence-corrected chi connectivity index (χ4v) is 2.22. The fourth-order valence-electron chi connectivity index (χ4n) is 1.95. The van der Waals surface area contributed by atoms with Crippen LogP contribution in [-0.2, 0) is 19.3 Å². The maximum Gasteiger partial charge on any atom is 0.433 e. The first-order chi connectivity index (χ1) is 9.41. The molecule has 0 saturated heterocycles. The minimum Gasteiger partial charge on any atom is -0.316 e. The molecule has 2 aromatic rings. The van der Waals surface area contributed by atoms with E-state index in [4.69, 9.17) is 0 Å². The van der Waals surface area contributed by atoms with E-state index in [-0.39, 0.29) is 18.7 Å². The summed E-state index contributed by atoms with van der Waals surface area (Å²) in [7, 11) is 1.60. The van der Waals surface area contributed by atoms with Crippen LogP contribution in [0.3, 0.4) is 0 Å². The van der Waals surface area contributed by atoms with Gasteiger partial charge in [-0.25, -0.2) is 0 Å². The van der Waals surface area contributed by atoms with Gasteiger partial charge in [-0.3, -0.25) is 4.68 Å². The SMILES string of the molecule is CNCc1cnn(Cc2ccc(Br)cc2)c1C(F)(F)F. The highest BCUT2D eigenvalue weighted by Gasteiger charge is 2.37. The molecule has 0 aliphatic heterocycles. The van der Waals surface area contributed by atoms with Crippen molar-refractivity contribution in [3.8, 4) is 0 Å². The first kappa shape index (κ1) is 15.1. The number of nitrogens with one attached hydrogen (secondary N) is 1. The normalized spacial score (nSPS) is 11.8. The van der Waals surface area contributed by atoms with Gasteiger partial charge in [0.25, 0.3) is 0 Å². The molecule has 1 N–H and O–H groups in total. The third kappa shape index (κ3) is 3.40. The molecule has 0 amide bonds. The lowest BCUT2D eigenvalue weighted by molar-refractivity contribution is -0.144. The summed E-state index contributed by atoms with van der Waals surface area (Å²) in [6.07, 6.45) is -3.16. The topological polar surface area (TPSA) is 29.9 Å². The Morgan fingerprint density at radius 1 is 1.25 bits per heavy atom. The van der Waals surface area contributed by atoms with Crippen LogP contribution >= 0.6 is 15.9 Å². The van der Waals surface area contributed by atoms with Crippen molar-refractivity contribution in [2.75, 3.05) is 7.05 Å². The highest BCUT2D eigenvalue weighted by Crippen LogP contribution is 2.32. The maximum atomic E-state index is 13.1. The molecule has 1 aromatic heterocycles. The second kappa shape index (κ2) is 5.97. The van der Waals surface area contributed by atoms with Crippen LogP contribution in [0, 0.1) is 0 Å². The smallest absolute Gasteiger partial charge is 0.316 e. The van der Waals surface area contributed by atoms with Crippen LogP contribution in [0.15, 0.2) is 34.9 Å². The van der Waals surface area contributed by atoms with Crippen LogP contribution in [0.25, 0.3) is 0 Å². The number of nitrogens with zero attached hydrogens (tertiary/aromatic N) is 2. The molecule has 1 heterocycles. The third-order valence-corrected chi connectivity index (χ3v) is 3.33. The van der Waals surface area contributed by atoms with Gasteiger partial charge in [-0.1, -0.05) is 28.1 Å². The van der Waals surface area contributed by atoms with Crippen LogP contribution in [0.1, 0.15) is 16.8 Å². The maximum absolute atomic E-state index is 13.1. The summed E-state index contributed by atoms with van der Waals surface area (Å²) in [6.45, 7) is 0.223. The van der Waals surface area contributed by atoms with Gasteiger partial charge in [-0.15, -0.1) is 0 Å². The average Bonchev–Trinajstić information content (AvgIpc) is 2.75. The Balaban J connectivity index is 2.34. The standard InChI is InChI=1S/C13H13BrF3N3/c1-18-6-10-7-19-20(12(10)13(15,16)17)8-9-2-4-11(14)5-3-9/h2-5,7,18H,6,8H2,1H3. The van der Waals surface area contributed by atoms with Gasteiger partial charge in [0.05, 0.1) is 12.7 Å². The van der Waals surface area contributed by atoms with Gasteiger partial charge in [-0.2, -0.15) is 18.3 Å². The first-order valence-electron chi connectivity index (χ1n) is 5.92. The molecule has 0 aliphatic carbocycles. The second-order valence-electron chi connectivity index (χ2n) is 4.33. The molecular formula is C13H13BrF3N3. The Morgan fingerprint density at radius 3 is 2.45 bits per heavy atom. The summed E-state index contributed by atoms with van der Waals surface area (Å²) >= 11 is 3.29. The summed E-state index contributed by atoms with van der Waals surface area (Å²) in [6, 6.07) is 7.12. The number of halogens is 4. The Bertz CT molecular complexity index is 576. The molecule has 20 heavy (non-hydrogen) atoms. The predicted molar refractivity (Wildman–Crippen MR) is 73.2 cm³/mol. The van der Waals surface area contributed by atoms with E-state index in [0.717, 1.165) is 14.7 Å². The zero-order chi connectivity index (χ0) is 14.8. The van der Waals surface area contributed by atoms with Crippen molar-refractivity contribution in [1.29, 1.82) is 0 Å². The van der Waals surface area contributed by atoms with Crippen molar-refractivity contribution < 1.29 is 13.2 Å². The van der Waals surface area contributed by atoms with Crippen LogP contribution in [0.5, 0.6) is 0 Å². The van der Waals surface area contributed by atoms with Crippen molar-refractivity contribution in [2.24, 2.45) is 0 Å². The molecule has 108 valence electrons. The molecule has 0 saturated carbocycles. The summed E-state index contributed by atoms with van der Waals surface area (Å²) in [5.74, 6) is 0. The summed E-state index contributed by atoms with van der Waals surface area (Å²) in [5.41, 5.74) is 0.213. The van der Waals surface area contributed by atoms with Gasteiger partial charge < -0.3 is 5.32 Å². The van der Waals surface area contributed by atoms with E-state index in [9.17, 15) is 13.2 Å². The Morgan fingerprint density at radius 2 is 1.90 bits per heavy atom. The summed E-state index contributed by atoms with van der Waals surface area (Å²) in [5, 5.41) is 6.59. The molecule has 1 aromatic carbocycles. The molecule has 0 aliphatic rings. The highest BCUT2D eigenvalue weighted by molar-refractivity contribution is 9.10. The van der Waals surface area contributed by atoms with E-state index in [1.165, 1.54) is 6.20 Å². The van der Waals surface area contributed by atoms with Crippen molar-refractivity contribution >= 4 is 15.9 Å². The van der Waals surface area contributed by atoms with Crippen LogP contribution in [-0.4, -0.2) is 16.8 Å². The Kier molecular flexibility index (Phi) is 4.49. The highest BCUT2D eigenvalue weighted by atomic mass is 79.9. The minimum absolute atomic E-state index is 0.0891. The number of hydrogen-bond acceptors (Lipinski definition) is 2. The van der Waals surface area contributed by atoms with E-state index >= 15 is 0 Å². The molecule has 0 unspecified atom stereocenters. The number of benzene rings is 1. The number of alkyl halides is 3. The molecule has 0 bridgehead atoms. The van der Waals surface area contributed by atoms with Crippen molar-refractivity contribution in [1.82, 2.24) is 15.1 Å². The molecular weight excluding hydrogens is 335 g/mol. The number of aromatic nitrogens is 2. The van der Waals surface area contributed by atoms with Crippen LogP contribution in [0.2, 0.25) is 0 Å². The molecule has 0 spiro atoms. The molecule has 7 heteroatoms. The Labute approximate surface area is 122 Å². The van der Waals surface area contributed by atoms with Crippen LogP contribution in [0.4, 0.5) is 13.2 Å². The minimum atomic E-state index is -4.42. The zero-order valence-corrected chi connectivity index (χ0v) is 12.3. The Hall–Kier alpha value is -1.34. The lowest BCUT2D eigenvalue weighted by Gasteiger charge is -2.13. The molecule has 3 nitrogen and oxygen atoms in total. The molecule has 0 radical (unpaired) electrons. The molecule has 2 rings (SSSR count). The summed E-state index contributed by atoms with van der Waals surface area (Å²) < 4.78 is 41.3. The quantitative estimate of drug-likeness (QED) is 0.918. The summed E-state index contributed by atoms with van der Waals surface area (Å²) in [4.78, 5) is 0. The van der Waals surface area contributed by atoms with E-state index < -0.39 is 11.9 Å². The third-order valence-electron chi connectivity index (χ3n) is 2.80. The van der Waals surface area contributed by atoms with E-state index in [0.29, 0.717) is 0 Å². The van der Waals surface area contributed by atoms with E-state index in [1.54, 1.807) is 31.3 Å². The van der Waals surface area contributed by atoms with Gasteiger partial charge in [0.2, 0.25) is 0 Å². The average molecular weight is 348 g/mol. The van der Waals surface area contributed by atoms with Gasteiger partial charge in [0.15, 0.2) is 0 Å². The van der Waals surface area contributed by atoms with Crippen molar-refractivity contribution in [2.45, 2.75) is 19.3 Å². The van der Waals surface area contributed by atoms with Crippen molar-refractivity contribution in [3.63, 3.8) is 0 Å². The lowest BCUT2D eigenvalue weighted by atomic mass is 10.2.